The SMILES string of the molecule is COc1cc(OC)nc(NC(=O)c2cc(Br)sc2Br)n1. The van der Waals surface area contributed by atoms with E-state index in [2.05, 4.69) is 47.1 Å². The molecule has 6 nitrogen and oxygen atoms in total. The molecule has 2 aromatic rings. The van der Waals surface area contributed by atoms with E-state index >= 15 is 0 Å². The van der Waals surface area contributed by atoms with E-state index in [0.29, 0.717) is 17.3 Å². The summed E-state index contributed by atoms with van der Waals surface area (Å²) >= 11 is 8.05. The third kappa shape index (κ3) is 3.47. The molecule has 0 aliphatic heterocycles. The molecule has 1 amide bonds. The summed E-state index contributed by atoms with van der Waals surface area (Å²) in [6.07, 6.45) is 0. The van der Waals surface area contributed by atoms with Gasteiger partial charge in [0, 0.05) is 0 Å². The van der Waals surface area contributed by atoms with Crippen molar-refractivity contribution in [2.24, 2.45) is 0 Å². The predicted molar refractivity (Wildman–Crippen MR) is 82.8 cm³/mol. The third-order valence-electron chi connectivity index (χ3n) is 2.22. The van der Waals surface area contributed by atoms with Crippen LogP contribution in [0.25, 0.3) is 0 Å². The Balaban J connectivity index is 2.25. The molecular formula is C11H9Br2N3O3S. The van der Waals surface area contributed by atoms with Gasteiger partial charge < -0.3 is 9.47 Å². The minimum Gasteiger partial charge on any atom is -0.481 e. The smallest absolute Gasteiger partial charge is 0.260 e. The lowest BCUT2D eigenvalue weighted by molar-refractivity contribution is 0.102. The van der Waals surface area contributed by atoms with Gasteiger partial charge in [-0.3, -0.25) is 10.1 Å². The maximum absolute atomic E-state index is 12.1. The van der Waals surface area contributed by atoms with Crippen LogP contribution in [0.5, 0.6) is 11.8 Å². The van der Waals surface area contributed by atoms with E-state index in [4.69, 9.17) is 9.47 Å². The van der Waals surface area contributed by atoms with Crippen molar-refractivity contribution in [2.75, 3.05) is 19.5 Å². The fraction of sp³-hybridized carbons (Fsp3) is 0.182. The van der Waals surface area contributed by atoms with Crippen molar-refractivity contribution in [2.45, 2.75) is 0 Å². The molecule has 2 aromatic heterocycles. The van der Waals surface area contributed by atoms with Crippen LogP contribution in [0.4, 0.5) is 5.95 Å². The summed E-state index contributed by atoms with van der Waals surface area (Å²) in [6.45, 7) is 0. The van der Waals surface area contributed by atoms with Gasteiger partial charge in [-0.15, -0.1) is 11.3 Å². The molecule has 0 fully saturated rings. The first-order chi connectivity index (χ1) is 9.53. The van der Waals surface area contributed by atoms with Gasteiger partial charge in [-0.1, -0.05) is 0 Å². The zero-order chi connectivity index (χ0) is 14.7. The molecule has 1 N–H and O–H groups in total. The number of carbonyl (C=O) groups is 1. The molecule has 0 aliphatic carbocycles. The second-order valence-corrected chi connectivity index (χ2v) is 7.22. The molecule has 0 radical (unpaired) electrons. The van der Waals surface area contributed by atoms with Gasteiger partial charge in [-0.25, -0.2) is 0 Å². The number of aromatic nitrogens is 2. The summed E-state index contributed by atoms with van der Waals surface area (Å²) in [5.74, 6) is 0.394. The highest BCUT2D eigenvalue weighted by Gasteiger charge is 2.16. The average Bonchev–Trinajstić information content (AvgIpc) is 2.77. The summed E-state index contributed by atoms with van der Waals surface area (Å²) in [6, 6.07) is 3.23. The molecule has 0 saturated carbocycles. The maximum atomic E-state index is 12.1. The van der Waals surface area contributed by atoms with Crippen molar-refractivity contribution in [1.29, 1.82) is 0 Å². The number of thiophene rings is 1. The standard InChI is InChI=1S/C11H9Br2N3O3S/c1-18-7-4-8(19-2)15-11(14-7)16-10(17)5-3-6(12)20-9(5)13/h3-4H,1-2H3,(H,14,15,16,17). The number of anilines is 1. The van der Waals surface area contributed by atoms with Crippen LogP contribution in [0.3, 0.4) is 0 Å². The van der Waals surface area contributed by atoms with Crippen LogP contribution in [0.2, 0.25) is 0 Å². The number of rotatable bonds is 4. The first kappa shape index (κ1) is 15.2. The number of carbonyl (C=O) groups excluding carboxylic acids is 1. The lowest BCUT2D eigenvalue weighted by atomic mass is 10.3. The Labute approximate surface area is 135 Å². The van der Waals surface area contributed by atoms with E-state index in [0.717, 1.165) is 7.57 Å². The summed E-state index contributed by atoms with van der Waals surface area (Å²) in [4.78, 5) is 20.2. The largest absolute Gasteiger partial charge is 0.481 e. The second kappa shape index (κ2) is 6.51. The third-order valence-corrected chi connectivity index (χ3v) is 4.56. The number of halogens is 2. The fourth-order valence-electron chi connectivity index (χ4n) is 1.33. The molecule has 20 heavy (non-hydrogen) atoms. The molecule has 0 atom stereocenters. The van der Waals surface area contributed by atoms with Gasteiger partial charge in [-0.05, 0) is 37.9 Å². The van der Waals surface area contributed by atoms with Crippen LogP contribution in [0.1, 0.15) is 10.4 Å². The van der Waals surface area contributed by atoms with Crippen molar-refractivity contribution in [1.82, 2.24) is 9.97 Å². The summed E-state index contributed by atoms with van der Waals surface area (Å²) in [5.41, 5.74) is 0.493. The molecule has 0 aromatic carbocycles. The van der Waals surface area contributed by atoms with Gasteiger partial charge in [0.2, 0.25) is 17.7 Å². The van der Waals surface area contributed by atoms with Gasteiger partial charge in [0.25, 0.3) is 5.91 Å². The van der Waals surface area contributed by atoms with Crippen LogP contribution >= 0.6 is 43.2 Å². The quantitative estimate of drug-likeness (QED) is 0.817. The molecular weight excluding hydrogens is 414 g/mol. The first-order valence-corrected chi connectivity index (χ1v) is 7.67. The summed E-state index contributed by atoms with van der Waals surface area (Å²) in [7, 11) is 2.94. The van der Waals surface area contributed by atoms with E-state index in [1.54, 1.807) is 6.07 Å². The fourth-order valence-corrected chi connectivity index (χ4v) is 4.13. The van der Waals surface area contributed by atoms with Crippen molar-refractivity contribution in [3.63, 3.8) is 0 Å². The first-order valence-electron chi connectivity index (χ1n) is 5.26. The molecule has 0 unspecified atom stereocenters. The number of hydrogen-bond acceptors (Lipinski definition) is 6. The molecule has 0 spiro atoms. The summed E-state index contributed by atoms with van der Waals surface area (Å²) in [5, 5.41) is 2.60. The average molecular weight is 423 g/mol. The Hall–Kier alpha value is -1.19. The van der Waals surface area contributed by atoms with E-state index in [9.17, 15) is 4.79 Å². The Morgan fingerprint density at radius 1 is 1.20 bits per heavy atom. The molecule has 9 heteroatoms. The molecule has 106 valence electrons. The number of methoxy groups -OCH3 is 2. The van der Waals surface area contributed by atoms with Crippen LogP contribution in [0.15, 0.2) is 19.7 Å². The minimum absolute atomic E-state index is 0.112. The summed E-state index contributed by atoms with van der Waals surface area (Å²) < 4.78 is 11.6. The van der Waals surface area contributed by atoms with Crippen molar-refractivity contribution in [3.8, 4) is 11.8 Å². The van der Waals surface area contributed by atoms with E-state index in [-0.39, 0.29) is 11.9 Å². The van der Waals surface area contributed by atoms with Crippen LogP contribution < -0.4 is 14.8 Å². The Morgan fingerprint density at radius 2 is 1.80 bits per heavy atom. The van der Waals surface area contributed by atoms with Gasteiger partial charge in [0.1, 0.15) is 0 Å². The van der Waals surface area contributed by atoms with E-state index < -0.39 is 0 Å². The predicted octanol–water partition coefficient (Wildman–Crippen LogP) is 3.33. The second-order valence-electron chi connectivity index (χ2n) is 3.47. The van der Waals surface area contributed by atoms with Gasteiger partial charge in [0.05, 0.1) is 33.4 Å². The van der Waals surface area contributed by atoms with E-state index in [1.807, 2.05) is 0 Å². The number of hydrogen-bond donors (Lipinski definition) is 1. The molecule has 0 aliphatic rings. The number of nitrogens with one attached hydrogen (secondary N) is 1. The zero-order valence-corrected chi connectivity index (χ0v) is 14.4. The van der Waals surface area contributed by atoms with Crippen molar-refractivity contribution in [3.05, 3.63) is 25.3 Å². The lowest BCUT2D eigenvalue weighted by Gasteiger charge is -2.07. The lowest BCUT2D eigenvalue weighted by Crippen LogP contribution is -2.14. The number of amides is 1. The van der Waals surface area contributed by atoms with E-state index in [1.165, 1.54) is 31.6 Å². The Morgan fingerprint density at radius 3 is 2.25 bits per heavy atom. The van der Waals surface area contributed by atoms with Gasteiger partial charge in [-0.2, -0.15) is 9.97 Å². The van der Waals surface area contributed by atoms with Gasteiger partial charge >= 0.3 is 0 Å². The monoisotopic (exact) mass is 421 g/mol. The molecule has 0 bridgehead atoms. The van der Waals surface area contributed by atoms with Crippen LogP contribution in [-0.4, -0.2) is 30.1 Å². The molecule has 2 heterocycles. The van der Waals surface area contributed by atoms with Crippen LogP contribution in [-0.2, 0) is 0 Å². The van der Waals surface area contributed by atoms with Crippen molar-refractivity contribution >= 4 is 55.1 Å². The minimum atomic E-state index is -0.325. The highest BCUT2D eigenvalue weighted by atomic mass is 79.9. The molecule has 2 rings (SSSR count). The number of ether oxygens (including phenoxy) is 2. The number of nitrogens with zero attached hydrogens (tertiary/aromatic N) is 2. The Bertz CT molecular complexity index is 626. The highest BCUT2D eigenvalue weighted by Crippen LogP contribution is 2.32. The Kier molecular flexibility index (Phi) is 4.95. The maximum Gasteiger partial charge on any atom is 0.260 e. The highest BCUT2D eigenvalue weighted by molar-refractivity contribution is 9.12. The molecule has 0 saturated heterocycles. The van der Waals surface area contributed by atoms with Crippen molar-refractivity contribution < 1.29 is 14.3 Å². The topological polar surface area (TPSA) is 73.3 Å². The van der Waals surface area contributed by atoms with Crippen LogP contribution in [0, 0.1) is 0 Å². The van der Waals surface area contributed by atoms with Gasteiger partial charge in [0.15, 0.2) is 0 Å². The zero-order valence-electron chi connectivity index (χ0n) is 10.4. The normalized spacial score (nSPS) is 10.2.